The maximum absolute atomic E-state index is 11.7. The van der Waals surface area contributed by atoms with Crippen LogP contribution in [0.5, 0.6) is 0 Å². The molecule has 0 saturated heterocycles. The van der Waals surface area contributed by atoms with Crippen LogP contribution in [0.4, 0.5) is 5.69 Å². The van der Waals surface area contributed by atoms with Crippen LogP contribution in [-0.2, 0) is 0 Å². The van der Waals surface area contributed by atoms with Crippen LogP contribution in [0.15, 0.2) is 29.8 Å². The van der Waals surface area contributed by atoms with Gasteiger partial charge in [0.2, 0.25) is 0 Å². The predicted octanol–water partition coefficient (Wildman–Crippen LogP) is 3.70. The molecule has 0 aromatic carbocycles. The molecule has 2 aromatic heterocycles. The molecule has 0 radical (unpaired) electrons. The van der Waals surface area contributed by atoms with Gasteiger partial charge < -0.3 is 5.32 Å². The average Bonchev–Trinajstić information content (AvgIpc) is 2.77. The van der Waals surface area contributed by atoms with Gasteiger partial charge in [-0.3, -0.25) is 4.79 Å². The van der Waals surface area contributed by atoms with E-state index in [0.717, 1.165) is 0 Å². The normalized spacial score (nSPS) is 10.1. The summed E-state index contributed by atoms with van der Waals surface area (Å²) in [5.74, 6) is -0.185. The SMILES string of the molecule is O=C(Nc1cnc(Cl)c(Cl)c1)c1cccs1. The summed E-state index contributed by atoms with van der Waals surface area (Å²) < 4.78 is 0. The molecule has 0 atom stereocenters. The first-order valence-electron chi connectivity index (χ1n) is 4.33. The van der Waals surface area contributed by atoms with Crippen molar-refractivity contribution in [3.8, 4) is 0 Å². The number of thiophene rings is 1. The summed E-state index contributed by atoms with van der Waals surface area (Å²) in [7, 11) is 0. The summed E-state index contributed by atoms with van der Waals surface area (Å²) in [6.07, 6.45) is 1.46. The van der Waals surface area contributed by atoms with Crippen LogP contribution in [0.2, 0.25) is 10.2 Å². The first-order valence-corrected chi connectivity index (χ1v) is 5.96. The number of hydrogen-bond acceptors (Lipinski definition) is 3. The van der Waals surface area contributed by atoms with Crippen molar-refractivity contribution in [3.05, 3.63) is 44.8 Å². The topological polar surface area (TPSA) is 42.0 Å². The number of rotatable bonds is 2. The Morgan fingerprint density at radius 3 is 2.88 bits per heavy atom. The summed E-state index contributed by atoms with van der Waals surface area (Å²) in [5, 5.41) is 5.04. The Labute approximate surface area is 106 Å². The van der Waals surface area contributed by atoms with Crippen LogP contribution in [0.25, 0.3) is 0 Å². The number of carbonyl (C=O) groups is 1. The van der Waals surface area contributed by atoms with Gasteiger partial charge in [-0.05, 0) is 17.5 Å². The molecule has 2 heterocycles. The van der Waals surface area contributed by atoms with Crippen molar-refractivity contribution in [2.75, 3.05) is 5.32 Å². The molecule has 0 aliphatic carbocycles. The molecule has 1 N–H and O–H groups in total. The molecular formula is C10H6Cl2N2OS. The first kappa shape index (κ1) is 11.4. The molecule has 0 bridgehead atoms. The van der Waals surface area contributed by atoms with Gasteiger partial charge in [0.15, 0.2) is 0 Å². The highest BCUT2D eigenvalue weighted by Gasteiger charge is 2.08. The molecule has 1 amide bonds. The van der Waals surface area contributed by atoms with Gasteiger partial charge in [0, 0.05) is 0 Å². The van der Waals surface area contributed by atoms with Gasteiger partial charge in [-0.25, -0.2) is 4.98 Å². The van der Waals surface area contributed by atoms with Crippen LogP contribution in [0.3, 0.4) is 0 Å². The second kappa shape index (κ2) is 4.82. The number of amides is 1. The molecular weight excluding hydrogens is 267 g/mol. The lowest BCUT2D eigenvalue weighted by atomic mass is 10.4. The largest absolute Gasteiger partial charge is 0.320 e. The number of carbonyl (C=O) groups excluding carboxylic acids is 1. The molecule has 0 saturated carbocycles. The molecule has 16 heavy (non-hydrogen) atoms. The fourth-order valence-corrected chi connectivity index (χ4v) is 1.98. The minimum Gasteiger partial charge on any atom is -0.320 e. The third-order valence-electron chi connectivity index (χ3n) is 1.80. The number of pyridine rings is 1. The zero-order chi connectivity index (χ0) is 11.5. The van der Waals surface area contributed by atoms with E-state index in [1.807, 2.05) is 11.4 Å². The fraction of sp³-hybridized carbons (Fsp3) is 0. The van der Waals surface area contributed by atoms with Gasteiger partial charge in [0.1, 0.15) is 5.15 Å². The summed E-state index contributed by atoms with van der Waals surface area (Å²) in [6, 6.07) is 5.11. The molecule has 0 fully saturated rings. The number of halogens is 2. The average molecular weight is 273 g/mol. The highest BCUT2D eigenvalue weighted by Crippen LogP contribution is 2.22. The molecule has 2 rings (SSSR count). The molecule has 6 heteroatoms. The zero-order valence-corrected chi connectivity index (χ0v) is 10.2. The van der Waals surface area contributed by atoms with Crippen molar-refractivity contribution in [1.29, 1.82) is 0 Å². The van der Waals surface area contributed by atoms with Crippen LogP contribution >= 0.6 is 34.5 Å². The van der Waals surface area contributed by atoms with Gasteiger partial charge in [0.05, 0.1) is 21.8 Å². The standard InChI is InChI=1S/C10H6Cl2N2OS/c11-7-4-6(5-13-9(7)12)14-10(15)8-2-1-3-16-8/h1-5H,(H,14,15). The lowest BCUT2D eigenvalue weighted by molar-refractivity contribution is 0.103. The molecule has 2 aromatic rings. The third kappa shape index (κ3) is 2.52. The van der Waals surface area contributed by atoms with Crippen molar-refractivity contribution in [3.63, 3.8) is 0 Å². The third-order valence-corrected chi connectivity index (χ3v) is 3.35. The Hall–Kier alpha value is -1.10. The van der Waals surface area contributed by atoms with Gasteiger partial charge in [-0.2, -0.15) is 0 Å². The van der Waals surface area contributed by atoms with Crippen molar-refractivity contribution < 1.29 is 4.79 Å². The molecule has 3 nitrogen and oxygen atoms in total. The monoisotopic (exact) mass is 272 g/mol. The molecule has 0 aliphatic rings. The highest BCUT2D eigenvalue weighted by atomic mass is 35.5. The Kier molecular flexibility index (Phi) is 3.43. The summed E-state index contributed by atoms with van der Waals surface area (Å²) in [5.41, 5.74) is 0.521. The van der Waals surface area contributed by atoms with Crippen LogP contribution < -0.4 is 5.32 Å². The van der Waals surface area contributed by atoms with Gasteiger partial charge in [0.25, 0.3) is 5.91 Å². The van der Waals surface area contributed by atoms with Crippen LogP contribution in [0.1, 0.15) is 9.67 Å². The van der Waals surface area contributed by atoms with Gasteiger partial charge in [-0.15, -0.1) is 11.3 Å². The predicted molar refractivity (Wildman–Crippen MR) is 66.5 cm³/mol. The summed E-state index contributed by atoms with van der Waals surface area (Å²) in [6.45, 7) is 0. The van der Waals surface area contributed by atoms with E-state index in [2.05, 4.69) is 10.3 Å². The van der Waals surface area contributed by atoms with Crippen molar-refractivity contribution >= 4 is 46.1 Å². The number of hydrogen-bond donors (Lipinski definition) is 1. The van der Waals surface area contributed by atoms with E-state index in [-0.39, 0.29) is 11.1 Å². The molecule has 0 aliphatic heterocycles. The van der Waals surface area contributed by atoms with Crippen molar-refractivity contribution in [1.82, 2.24) is 4.98 Å². The minimum atomic E-state index is -0.185. The Morgan fingerprint density at radius 1 is 1.44 bits per heavy atom. The van der Waals surface area contributed by atoms with Crippen LogP contribution in [-0.4, -0.2) is 10.9 Å². The van der Waals surface area contributed by atoms with Gasteiger partial charge in [-0.1, -0.05) is 29.3 Å². The smallest absolute Gasteiger partial charge is 0.265 e. The fourth-order valence-electron chi connectivity index (χ4n) is 1.09. The maximum Gasteiger partial charge on any atom is 0.265 e. The summed E-state index contributed by atoms with van der Waals surface area (Å²) >= 11 is 12.8. The van der Waals surface area contributed by atoms with E-state index in [0.29, 0.717) is 15.6 Å². The molecule has 0 unspecified atom stereocenters. The minimum absolute atomic E-state index is 0.185. The lowest BCUT2D eigenvalue weighted by Gasteiger charge is -2.03. The Balaban J connectivity index is 2.15. The van der Waals surface area contributed by atoms with Gasteiger partial charge >= 0.3 is 0 Å². The number of nitrogens with one attached hydrogen (secondary N) is 1. The Bertz CT molecular complexity index is 514. The second-order valence-electron chi connectivity index (χ2n) is 2.93. The van der Waals surface area contributed by atoms with Crippen molar-refractivity contribution in [2.24, 2.45) is 0 Å². The first-order chi connectivity index (χ1) is 7.66. The number of aromatic nitrogens is 1. The Morgan fingerprint density at radius 2 is 2.25 bits per heavy atom. The van der Waals surface area contributed by atoms with E-state index in [4.69, 9.17) is 23.2 Å². The molecule has 82 valence electrons. The second-order valence-corrected chi connectivity index (χ2v) is 4.64. The van der Waals surface area contributed by atoms with E-state index in [1.165, 1.54) is 17.5 Å². The zero-order valence-electron chi connectivity index (χ0n) is 7.91. The lowest BCUT2D eigenvalue weighted by Crippen LogP contribution is -2.10. The van der Waals surface area contributed by atoms with Crippen LogP contribution in [0, 0.1) is 0 Å². The van der Waals surface area contributed by atoms with E-state index >= 15 is 0 Å². The summed E-state index contributed by atoms with van der Waals surface area (Å²) in [4.78, 5) is 16.1. The molecule has 0 spiro atoms. The quantitative estimate of drug-likeness (QED) is 0.847. The van der Waals surface area contributed by atoms with Crippen molar-refractivity contribution in [2.45, 2.75) is 0 Å². The number of anilines is 1. The number of nitrogens with zero attached hydrogens (tertiary/aromatic N) is 1. The van der Waals surface area contributed by atoms with E-state index in [9.17, 15) is 4.79 Å². The van der Waals surface area contributed by atoms with E-state index in [1.54, 1.807) is 12.1 Å². The van der Waals surface area contributed by atoms with E-state index < -0.39 is 0 Å². The highest BCUT2D eigenvalue weighted by molar-refractivity contribution is 7.12. The maximum atomic E-state index is 11.7.